The van der Waals surface area contributed by atoms with Crippen LogP contribution in [0.25, 0.3) is 21.5 Å². The van der Waals surface area contributed by atoms with Crippen molar-refractivity contribution in [3.63, 3.8) is 0 Å². The molecule has 0 spiro atoms. The van der Waals surface area contributed by atoms with Gasteiger partial charge in [0.25, 0.3) is 0 Å². The van der Waals surface area contributed by atoms with Crippen LogP contribution in [0.3, 0.4) is 0 Å². The number of anilines is 8. The topological polar surface area (TPSA) is 88.0 Å². The van der Waals surface area contributed by atoms with Crippen LogP contribution in [0.1, 0.15) is 5.56 Å². The predicted molar refractivity (Wildman–Crippen MR) is 186 cm³/mol. The molecule has 218 valence electrons. The molecule has 6 heteroatoms. The lowest BCUT2D eigenvalue weighted by molar-refractivity contribution is 0.476. The Bertz CT molecular complexity index is 2190. The molecule has 6 nitrogen and oxygen atoms in total. The van der Waals surface area contributed by atoms with Gasteiger partial charge in [-0.3, -0.25) is 0 Å². The van der Waals surface area contributed by atoms with Gasteiger partial charge in [-0.1, -0.05) is 66.7 Å². The Morgan fingerprint density at radius 1 is 0.578 bits per heavy atom. The summed E-state index contributed by atoms with van der Waals surface area (Å²) >= 11 is 0. The summed E-state index contributed by atoms with van der Waals surface area (Å²) < 4.78 is 6.26. The lowest BCUT2D eigenvalue weighted by Gasteiger charge is -2.33. The Kier molecular flexibility index (Phi) is 6.03. The van der Waals surface area contributed by atoms with Crippen molar-refractivity contribution in [2.45, 2.75) is 6.92 Å². The zero-order valence-corrected chi connectivity index (χ0v) is 24.6. The number of aryl methyl sites for hydroxylation is 1. The number of benzene rings is 7. The Morgan fingerprint density at radius 3 is 1.80 bits per heavy atom. The summed E-state index contributed by atoms with van der Waals surface area (Å²) in [6.45, 7) is 2.07. The Hall–Kier alpha value is -6.14. The smallest absolute Gasteiger partial charge is 0.151 e. The molecule has 1 aliphatic rings. The molecule has 5 N–H and O–H groups in total. The van der Waals surface area contributed by atoms with E-state index in [1.165, 1.54) is 0 Å². The second-order valence-electron chi connectivity index (χ2n) is 11.3. The third kappa shape index (κ3) is 4.18. The van der Waals surface area contributed by atoms with Crippen molar-refractivity contribution in [2.24, 2.45) is 0 Å². The van der Waals surface area contributed by atoms with E-state index in [2.05, 4.69) is 59.2 Å². The summed E-state index contributed by atoms with van der Waals surface area (Å²) in [6.07, 6.45) is 0. The number of nitrogens with two attached hydrogens (primary N) is 2. The Balaban J connectivity index is 1.39. The van der Waals surface area contributed by atoms with Crippen LogP contribution >= 0.6 is 0 Å². The number of phenols is 1. The van der Waals surface area contributed by atoms with Gasteiger partial charge in [0.1, 0.15) is 5.75 Å². The molecular formula is C39H30N4O2. The van der Waals surface area contributed by atoms with Crippen molar-refractivity contribution in [1.82, 2.24) is 0 Å². The van der Waals surface area contributed by atoms with Crippen LogP contribution < -0.4 is 26.0 Å². The lowest BCUT2D eigenvalue weighted by atomic mass is 9.96. The molecule has 0 fully saturated rings. The Morgan fingerprint density at radius 2 is 1.13 bits per heavy atom. The molecule has 7 aromatic carbocycles. The molecular weight excluding hydrogens is 556 g/mol. The molecule has 0 radical (unpaired) electrons. The maximum absolute atomic E-state index is 11.0. The van der Waals surface area contributed by atoms with Crippen LogP contribution in [0.15, 0.2) is 133 Å². The summed E-state index contributed by atoms with van der Waals surface area (Å²) in [7, 11) is 0. The first-order valence-corrected chi connectivity index (χ1v) is 14.8. The average molecular weight is 587 g/mol. The highest BCUT2D eigenvalue weighted by atomic mass is 16.5. The predicted octanol–water partition coefficient (Wildman–Crippen LogP) is 10.2. The first-order valence-electron chi connectivity index (χ1n) is 14.8. The minimum Gasteiger partial charge on any atom is -0.506 e. The van der Waals surface area contributed by atoms with E-state index in [9.17, 15) is 5.11 Å². The molecule has 0 aromatic heterocycles. The molecule has 0 unspecified atom stereocenters. The fourth-order valence-electron chi connectivity index (χ4n) is 6.41. The minimum absolute atomic E-state index is 0.189. The number of hydrogen-bond donors (Lipinski definition) is 3. The monoisotopic (exact) mass is 586 g/mol. The number of nitrogen functional groups attached to an aromatic ring is 2. The van der Waals surface area contributed by atoms with Crippen molar-refractivity contribution in [3.05, 3.63) is 139 Å². The maximum Gasteiger partial charge on any atom is 0.151 e. The number of fused-ring (bicyclic) bond motifs is 5. The summed E-state index contributed by atoms with van der Waals surface area (Å²) in [4.78, 5) is 4.30. The van der Waals surface area contributed by atoms with Crippen molar-refractivity contribution < 1.29 is 9.84 Å². The van der Waals surface area contributed by atoms with Crippen LogP contribution in [0, 0.1) is 6.92 Å². The molecule has 7 aromatic rings. The van der Waals surface area contributed by atoms with Crippen LogP contribution in [-0.4, -0.2) is 5.11 Å². The molecule has 0 atom stereocenters. The van der Waals surface area contributed by atoms with E-state index in [1.54, 1.807) is 6.07 Å². The minimum atomic E-state index is 0.189. The van der Waals surface area contributed by atoms with Gasteiger partial charge >= 0.3 is 0 Å². The van der Waals surface area contributed by atoms with Gasteiger partial charge < -0.3 is 31.1 Å². The number of nitrogens with zero attached hydrogens (tertiary/aromatic N) is 2. The molecule has 1 heterocycles. The van der Waals surface area contributed by atoms with Gasteiger partial charge in [-0.05, 0) is 90.0 Å². The van der Waals surface area contributed by atoms with E-state index >= 15 is 0 Å². The fourth-order valence-corrected chi connectivity index (χ4v) is 6.41. The second-order valence-corrected chi connectivity index (χ2v) is 11.3. The number of para-hydroxylation sites is 7. The number of phenolic OH excluding ortho intramolecular Hbond substituents is 1. The second kappa shape index (κ2) is 10.2. The largest absolute Gasteiger partial charge is 0.506 e. The van der Waals surface area contributed by atoms with E-state index in [1.807, 2.05) is 84.9 Å². The van der Waals surface area contributed by atoms with Crippen molar-refractivity contribution in [2.75, 3.05) is 21.3 Å². The fraction of sp³-hybridized carbons (Fsp3) is 0.0256. The molecule has 8 rings (SSSR count). The molecule has 0 saturated carbocycles. The first-order chi connectivity index (χ1) is 22.0. The number of aromatic hydroxyl groups is 1. The van der Waals surface area contributed by atoms with E-state index in [4.69, 9.17) is 16.2 Å². The quantitative estimate of drug-likeness (QED) is 0.108. The summed E-state index contributed by atoms with van der Waals surface area (Å²) in [5.41, 5.74) is 21.0. The van der Waals surface area contributed by atoms with Gasteiger partial charge in [0.05, 0.1) is 28.4 Å². The van der Waals surface area contributed by atoms with E-state index in [0.29, 0.717) is 17.1 Å². The third-order valence-electron chi connectivity index (χ3n) is 8.59. The standard InChI is InChI=1S/C39H30N4O2/c1-24-10-2-3-11-31(24)42(32-12-4-7-15-35(32)44)25-18-20-27-29(22-25)30-23-26(19-21-28(30)39(41)38(27)40)43-33-13-5-8-16-36(33)45-37-17-9-6-14-34(37)43/h2-23,44H,40-41H2,1H3. The molecule has 1 aliphatic heterocycles. The zero-order valence-electron chi connectivity index (χ0n) is 24.6. The highest BCUT2D eigenvalue weighted by Crippen LogP contribution is 2.51. The average Bonchev–Trinajstić information content (AvgIpc) is 3.07. The molecule has 45 heavy (non-hydrogen) atoms. The molecule has 0 bridgehead atoms. The number of rotatable bonds is 4. The molecule has 0 aliphatic carbocycles. The highest BCUT2D eigenvalue weighted by molar-refractivity contribution is 6.20. The van der Waals surface area contributed by atoms with E-state index in [-0.39, 0.29) is 5.75 Å². The van der Waals surface area contributed by atoms with Gasteiger partial charge in [0, 0.05) is 27.8 Å². The highest BCUT2D eigenvalue weighted by Gasteiger charge is 2.26. The van der Waals surface area contributed by atoms with Crippen LogP contribution in [-0.2, 0) is 0 Å². The zero-order chi connectivity index (χ0) is 30.7. The maximum atomic E-state index is 11.0. The molecule has 0 amide bonds. The van der Waals surface area contributed by atoms with Crippen LogP contribution in [0.4, 0.5) is 45.5 Å². The van der Waals surface area contributed by atoms with Gasteiger partial charge in [-0.25, -0.2) is 0 Å². The summed E-state index contributed by atoms with van der Waals surface area (Å²) in [6, 6.07) is 44.1. The van der Waals surface area contributed by atoms with Crippen molar-refractivity contribution in [3.8, 4) is 17.2 Å². The number of ether oxygens (including phenoxy) is 1. The van der Waals surface area contributed by atoms with Crippen molar-refractivity contribution in [1.29, 1.82) is 0 Å². The lowest BCUT2D eigenvalue weighted by Crippen LogP contribution is -2.15. The van der Waals surface area contributed by atoms with Gasteiger partial charge in [-0.2, -0.15) is 0 Å². The normalized spacial score (nSPS) is 12.1. The Labute approximate surface area is 260 Å². The molecule has 0 saturated heterocycles. The van der Waals surface area contributed by atoms with E-state index < -0.39 is 0 Å². The first kappa shape index (κ1) is 26.5. The van der Waals surface area contributed by atoms with Crippen LogP contribution in [0.2, 0.25) is 0 Å². The summed E-state index contributed by atoms with van der Waals surface area (Å²) in [5, 5.41) is 14.7. The number of hydrogen-bond acceptors (Lipinski definition) is 6. The van der Waals surface area contributed by atoms with E-state index in [0.717, 1.165) is 67.0 Å². The van der Waals surface area contributed by atoms with Gasteiger partial charge in [0.15, 0.2) is 11.5 Å². The SMILES string of the molecule is Cc1ccccc1N(c1ccc2c(N)c(N)c3ccc(N4c5ccccc5Oc5ccccc54)cc3c2c1)c1ccccc1O. The van der Waals surface area contributed by atoms with Gasteiger partial charge in [-0.15, -0.1) is 0 Å². The van der Waals surface area contributed by atoms with Crippen molar-refractivity contribution >= 4 is 67.0 Å². The van der Waals surface area contributed by atoms with Crippen LogP contribution in [0.5, 0.6) is 17.2 Å². The van der Waals surface area contributed by atoms with Gasteiger partial charge in [0.2, 0.25) is 0 Å². The summed E-state index contributed by atoms with van der Waals surface area (Å²) in [5.74, 6) is 1.77. The third-order valence-corrected chi connectivity index (χ3v) is 8.59.